The van der Waals surface area contributed by atoms with E-state index in [1.807, 2.05) is 61.7 Å². The first kappa shape index (κ1) is 14.4. The molecule has 0 unspecified atom stereocenters. The summed E-state index contributed by atoms with van der Waals surface area (Å²) in [4.78, 5) is 4.47. The number of hydrogen-bond donors (Lipinski definition) is 1. The van der Waals surface area contributed by atoms with E-state index in [4.69, 9.17) is 0 Å². The minimum Gasteiger partial charge on any atom is -0.392 e. The number of pyridine rings is 1. The summed E-state index contributed by atoms with van der Waals surface area (Å²) < 4.78 is 1.86. The van der Waals surface area contributed by atoms with Crippen molar-refractivity contribution in [1.29, 1.82) is 0 Å². The normalized spacial score (nSPS) is 11.6. The zero-order chi connectivity index (χ0) is 15.7. The third kappa shape index (κ3) is 2.51. The van der Waals surface area contributed by atoms with Gasteiger partial charge >= 0.3 is 0 Å². The van der Waals surface area contributed by atoms with Crippen molar-refractivity contribution < 1.29 is 5.11 Å². The fourth-order valence-electron chi connectivity index (χ4n) is 2.47. The molecule has 1 N–H and O–H groups in total. The van der Waals surface area contributed by atoms with Gasteiger partial charge in [0.1, 0.15) is 5.65 Å². The smallest absolute Gasteiger partial charge is 0.182 e. The van der Waals surface area contributed by atoms with Crippen LogP contribution in [-0.2, 0) is 6.61 Å². The zero-order valence-electron chi connectivity index (χ0n) is 12.9. The Kier molecular flexibility index (Phi) is 3.73. The molecule has 0 fully saturated rings. The number of nitrogens with zero attached hydrogens (tertiary/aromatic N) is 4. The molecule has 5 heteroatoms. The molecule has 0 saturated carbocycles. The van der Waals surface area contributed by atoms with E-state index in [-0.39, 0.29) is 6.61 Å². The van der Waals surface area contributed by atoms with Crippen LogP contribution in [0.3, 0.4) is 0 Å². The molecule has 0 aliphatic heterocycles. The van der Waals surface area contributed by atoms with Gasteiger partial charge in [0, 0.05) is 6.20 Å². The van der Waals surface area contributed by atoms with Crippen LogP contribution < -0.4 is 0 Å². The fraction of sp³-hybridized carbons (Fsp3) is 0.235. The van der Waals surface area contributed by atoms with Gasteiger partial charge in [0.25, 0.3) is 0 Å². The number of imidazole rings is 1. The Hall–Kier alpha value is -2.53. The maximum atomic E-state index is 9.29. The predicted octanol–water partition coefficient (Wildman–Crippen LogP) is 4.17. The molecule has 2 aromatic heterocycles. The van der Waals surface area contributed by atoms with Gasteiger partial charge in [0.15, 0.2) is 5.82 Å². The lowest BCUT2D eigenvalue weighted by atomic mass is 10.1. The number of fused-ring (bicyclic) bond motifs is 1. The minimum absolute atomic E-state index is 0.0132. The molecule has 0 saturated heterocycles. The minimum atomic E-state index is -0.0132. The number of aliphatic hydroxyl groups is 1. The molecule has 3 aromatic rings. The molecule has 0 bridgehead atoms. The van der Waals surface area contributed by atoms with E-state index in [1.54, 1.807) is 0 Å². The van der Waals surface area contributed by atoms with Crippen LogP contribution >= 0.6 is 0 Å². The van der Waals surface area contributed by atoms with E-state index in [2.05, 4.69) is 15.2 Å². The van der Waals surface area contributed by atoms with Gasteiger partial charge in [-0.05, 0) is 43.5 Å². The van der Waals surface area contributed by atoms with Gasteiger partial charge in [-0.25, -0.2) is 4.98 Å². The molecule has 0 aliphatic carbocycles. The number of aryl methyl sites for hydroxylation is 3. The average Bonchev–Trinajstić information content (AvgIpc) is 2.81. The summed E-state index contributed by atoms with van der Waals surface area (Å²) in [5.41, 5.74) is 5.48. The Balaban J connectivity index is 2.10. The standard InChI is InChI=1S/C17H18N4O/c1-11-5-4-6-12(2)16(11)19-20-17-13(3)18-15-8-7-14(10-22)9-21(15)17/h4-9,22H,10H2,1-3H3. The number of aliphatic hydroxyl groups excluding tert-OH is 1. The van der Waals surface area contributed by atoms with Gasteiger partial charge in [-0.1, -0.05) is 24.3 Å². The highest BCUT2D eigenvalue weighted by atomic mass is 16.3. The topological polar surface area (TPSA) is 62.2 Å². The van der Waals surface area contributed by atoms with Gasteiger partial charge < -0.3 is 5.11 Å². The molecule has 112 valence electrons. The summed E-state index contributed by atoms with van der Waals surface area (Å²) in [7, 11) is 0. The molecule has 0 amide bonds. The predicted molar refractivity (Wildman–Crippen MR) is 85.9 cm³/mol. The summed E-state index contributed by atoms with van der Waals surface area (Å²) in [6.07, 6.45) is 1.84. The first-order valence-corrected chi connectivity index (χ1v) is 7.16. The molecule has 0 radical (unpaired) electrons. The van der Waals surface area contributed by atoms with Gasteiger partial charge in [-0.3, -0.25) is 4.40 Å². The van der Waals surface area contributed by atoms with Crippen LogP contribution in [0.25, 0.3) is 5.65 Å². The van der Waals surface area contributed by atoms with Crippen molar-refractivity contribution in [2.24, 2.45) is 10.2 Å². The molecule has 0 atom stereocenters. The number of rotatable bonds is 3. The van der Waals surface area contributed by atoms with Crippen molar-refractivity contribution in [2.75, 3.05) is 0 Å². The molecule has 5 nitrogen and oxygen atoms in total. The summed E-state index contributed by atoms with van der Waals surface area (Å²) >= 11 is 0. The van der Waals surface area contributed by atoms with Crippen LogP contribution in [0.1, 0.15) is 22.4 Å². The fourth-order valence-corrected chi connectivity index (χ4v) is 2.47. The maximum absolute atomic E-state index is 9.29. The lowest BCUT2D eigenvalue weighted by Crippen LogP contribution is -1.89. The van der Waals surface area contributed by atoms with Crippen molar-refractivity contribution in [3.05, 3.63) is 58.9 Å². The monoisotopic (exact) mass is 294 g/mol. The van der Waals surface area contributed by atoms with Crippen molar-refractivity contribution in [3.63, 3.8) is 0 Å². The van der Waals surface area contributed by atoms with Crippen molar-refractivity contribution in [2.45, 2.75) is 27.4 Å². The van der Waals surface area contributed by atoms with Crippen molar-refractivity contribution >= 4 is 17.2 Å². The van der Waals surface area contributed by atoms with E-state index in [0.29, 0.717) is 5.82 Å². The molecule has 2 heterocycles. The lowest BCUT2D eigenvalue weighted by molar-refractivity contribution is 0.281. The SMILES string of the molecule is Cc1cccc(C)c1N=Nc1c(C)nc2ccc(CO)cn12. The van der Waals surface area contributed by atoms with Gasteiger partial charge in [-0.15, -0.1) is 10.2 Å². The van der Waals surface area contributed by atoms with Crippen LogP contribution in [0, 0.1) is 20.8 Å². The van der Waals surface area contributed by atoms with Crippen LogP contribution in [0.4, 0.5) is 11.5 Å². The highest BCUT2D eigenvalue weighted by Crippen LogP contribution is 2.27. The van der Waals surface area contributed by atoms with E-state index in [0.717, 1.165) is 33.7 Å². The summed E-state index contributed by atoms with van der Waals surface area (Å²) in [5.74, 6) is 0.688. The highest BCUT2D eigenvalue weighted by Gasteiger charge is 2.09. The van der Waals surface area contributed by atoms with E-state index >= 15 is 0 Å². The van der Waals surface area contributed by atoms with E-state index in [9.17, 15) is 5.11 Å². The largest absolute Gasteiger partial charge is 0.392 e. The van der Waals surface area contributed by atoms with Crippen LogP contribution in [0.2, 0.25) is 0 Å². The molecule has 0 spiro atoms. The lowest BCUT2D eigenvalue weighted by Gasteiger charge is -2.03. The second-order valence-corrected chi connectivity index (χ2v) is 5.38. The van der Waals surface area contributed by atoms with E-state index < -0.39 is 0 Å². The maximum Gasteiger partial charge on any atom is 0.182 e. The third-order valence-corrected chi connectivity index (χ3v) is 3.69. The van der Waals surface area contributed by atoms with E-state index in [1.165, 1.54) is 0 Å². The summed E-state index contributed by atoms with van der Waals surface area (Å²) in [6.45, 7) is 5.93. The zero-order valence-corrected chi connectivity index (χ0v) is 12.9. The van der Waals surface area contributed by atoms with Crippen LogP contribution in [0.15, 0.2) is 46.8 Å². The Bertz CT molecular complexity index is 844. The first-order valence-electron chi connectivity index (χ1n) is 7.16. The molecular weight excluding hydrogens is 276 g/mol. The Labute approximate surface area is 129 Å². The molecule has 1 aromatic carbocycles. The van der Waals surface area contributed by atoms with Crippen LogP contribution in [0.5, 0.6) is 0 Å². The molecule has 22 heavy (non-hydrogen) atoms. The molecule has 3 rings (SSSR count). The van der Waals surface area contributed by atoms with Gasteiger partial charge in [-0.2, -0.15) is 0 Å². The molecule has 0 aliphatic rings. The van der Waals surface area contributed by atoms with Crippen molar-refractivity contribution in [1.82, 2.24) is 9.38 Å². The number of azo groups is 1. The highest BCUT2D eigenvalue weighted by molar-refractivity contribution is 5.54. The first-order chi connectivity index (χ1) is 10.6. The number of hydrogen-bond acceptors (Lipinski definition) is 4. The molecular formula is C17H18N4O. The Morgan fingerprint density at radius 1 is 1.05 bits per heavy atom. The number of aromatic nitrogens is 2. The third-order valence-electron chi connectivity index (χ3n) is 3.69. The second kappa shape index (κ2) is 5.69. The van der Waals surface area contributed by atoms with Gasteiger partial charge in [0.05, 0.1) is 18.0 Å². The second-order valence-electron chi connectivity index (χ2n) is 5.38. The van der Waals surface area contributed by atoms with Crippen LogP contribution in [-0.4, -0.2) is 14.5 Å². The quantitative estimate of drug-likeness (QED) is 0.737. The Morgan fingerprint density at radius 3 is 2.45 bits per heavy atom. The average molecular weight is 294 g/mol. The summed E-state index contributed by atoms with van der Waals surface area (Å²) in [6, 6.07) is 9.78. The van der Waals surface area contributed by atoms with Gasteiger partial charge in [0.2, 0.25) is 0 Å². The summed E-state index contributed by atoms with van der Waals surface area (Å²) in [5, 5.41) is 18.1. The Morgan fingerprint density at radius 2 is 1.77 bits per heavy atom. The number of benzene rings is 1. The van der Waals surface area contributed by atoms with Crippen molar-refractivity contribution in [3.8, 4) is 0 Å².